The lowest BCUT2D eigenvalue weighted by atomic mass is 10.1. The van der Waals surface area contributed by atoms with E-state index in [-0.39, 0.29) is 23.7 Å². The lowest BCUT2D eigenvalue weighted by molar-refractivity contribution is -0.122. The second-order valence-corrected chi connectivity index (χ2v) is 8.66. The normalized spacial score (nSPS) is 11.9. The molecule has 0 spiro atoms. The largest absolute Gasteiger partial charge is 0.352 e. The highest BCUT2D eigenvalue weighted by Gasteiger charge is 2.21. The zero-order valence-corrected chi connectivity index (χ0v) is 18.9. The molecule has 0 aliphatic heterocycles. The molecule has 0 aliphatic carbocycles. The Bertz CT molecular complexity index is 1000. The van der Waals surface area contributed by atoms with Gasteiger partial charge in [-0.2, -0.15) is 0 Å². The topological polar surface area (TPSA) is 101 Å². The van der Waals surface area contributed by atoms with Crippen LogP contribution in [-0.4, -0.2) is 45.0 Å². The molecule has 0 saturated carbocycles. The molecule has 170 valence electrons. The molecule has 3 aromatic rings. The highest BCUT2D eigenvalue weighted by atomic mass is 32.1. The van der Waals surface area contributed by atoms with Gasteiger partial charge in [-0.25, -0.2) is 14.4 Å². The maximum atomic E-state index is 13.2. The van der Waals surface area contributed by atoms with E-state index in [1.807, 2.05) is 24.6 Å². The molecule has 1 atom stereocenters. The van der Waals surface area contributed by atoms with Crippen LogP contribution in [0.5, 0.6) is 0 Å². The van der Waals surface area contributed by atoms with Gasteiger partial charge in [-0.15, -0.1) is 0 Å². The van der Waals surface area contributed by atoms with Crippen molar-refractivity contribution < 1.29 is 14.0 Å². The van der Waals surface area contributed by atoms with Crippen LogP contribution < -0.4 is 16.0 Å². The number of benzene rings is 1. The first-order valence-corrected chi connectivity index (χ1v) is 11.2. The molecular weight excluding hydrogens is 431 g/mol. The van der Waals surface area contributed by atoms with Crippen LogP contribution >= 0.6 is 11.3 Å². The predicted octanol–water partition coefficient (Wildman–Crippen LogP) is 2.85. The Morgan fingerprint density at radius 2 is 2.00 bits per heavy atom. The maximum Gasteiger partial charge on any atom is 0.263 e. The van der Waals surface area contributed by atoms with E-state index in [4.69, 9.17) is 0 Å². The summed E-state index contributed by atoms with van der Waals surface area (Å²) in [6.45, 7) is 5.06. The third kappa shape index (κ3) is 7.16. The first-order valence-electron chi connectivity index (χ1n) is 10.4. The number of carbonyl (C=O) groups is 2. The van der Waals surface area contributed by atoms with Gasteiger partial charge in [-0.1, -0.05) is 23.5 Å². The van der Waals surface area contributed by atoms with Crippen molar-refractivity contribution in [3.05, 3.63) is 65.4 Å². The van der Waals surface area contributed by atoms with Crippen LogP contribution in [-0.2, 0) is 17.8 Å². The number of hydrogen-bond acceptors (Lipinski definition) is 6. The highest BCUT2D eigenvalue weighted by Crippen LogP contribution is 2.20. The predicted molar refractivity (Wildman–Crippen MR) is 122 cm³/mol. The van der Waals surface area contributed by atoms with E-state index >= 15 is 0 Å². The van der Waals surface area contributed by atoms with Crippen molar-refractivity contribution in [3.63, 3.8) is 0 Å². The van der Waals surface area contributed by atoms with Crippen molar-refractivity contribution in [2.75, 3.05) is 11.9 Å². The molecule has 0 radical (unpaired) electrons. The van der Waals surface area contributed by atoms with Crippen molar-refractivity contribution in [1.82, 2.24) is 25.2 Å². The lowest BCUT2D eigenvalue weighted by Gasteiger charge is -2.19. The van der Waals surface area contributed by atoms with Gasteiger partial charge in [-0.05, 0) is 38.0 Å². The third-order valence-corrected chi connectivity index (χ3v) is 5.49. The molecule has 0 fully saturated rings. The smallest absolute Gasteiger partial charge is 0.263 e. The molecule has 2 aromatic heterocycles. The fraction of sp³-hybridized carbons (Fsp3) is 0.364. The Labute approximate surface area is 190 Å². The Balaban J connectivity index is 1.57. The van der Waals surface area contributed by atoms with Crippen LogP contribution in [0.4, 0.5) is 9.52 Å². The molecule has 1 aromatic carbocycles. The number of anilines is 1. The van der Waals surface area contributed by atoms with Gasteiger partial charge >= 0.3 is 0 Å². The number of hydrogen-bond donors (Lipinski definition) is 3. The van der Waals surface area contributed by atoms with Crippen molar-refractivity contribution >= 4 is 28.3 Å². The Hall–Kier alpha value is -3.27. The number of aromatic nitrogens is 3. The summed E-state index contributed by atoms with van der Waals surface area (Å²) in [5.41, 5.74) is 0.815. The Morgan fingerprint density at radius 3 is 2.69 bits per heavy atom. The standard InChI is InChI=1S/C22H27FN6O2S/c1-15(2)27-20(30)18(12-16-4-6-17(23)7-5-16)28-22-26-13-19(32-22)21(31)25-8-3-10-29-11-9-24-14-29/h4-7,9,11,13-15,18H,3,8,10,12H2,1-2H3,(H,25,31)(H,26,28)(H,27,30). The van der Waals surface area contributed by atoms with Crippen molar-refractivity contribution in [2.45, 2.75) is 45.3 Å². The van der Waals surface area contributed by atoms with Gasteiger partial charge in [0.15, 0.2) is 5.13 Å². The average molecular weight is 459 g/mol. The minimum Gasteiger partial charge on any atom is -0.352 e. The van der Waals surface area contributed by atoms with E-state index in [1.165, 1.54) is 29.7 Å². The second kappa shape index (κ2) is 11.4. The van der Waals surface area contributed by atoms with Crippen LogP contribution in [0.1, 0.15) is 35.5 Å². The fourth-order valence-corrected chi connectivity index (χ4v) is 3.80. The number of halogens is 1. The molecule has 0 bridgehead atoms. The van der Waals surface area contributed by atoms with E-state index < -0.39 is 6.04 Å². The number of rotatable bonds is 11. The van der Waals surface area contributed by atoms with Crippen molar-refractivity contribution in [3.8, 4) is 0 Å². The van der Waals surface area contributed by atoms with Crippen molar-refractivity contribution in [2.24, 2.45) is 0 Å². The molecule has 0 aliphatic rings. The SMILES string of the molecule is CC(C)NC(=O)C(Cc1ccc(F)cc1)Nc1ncc(C(=O)NCCCn2ccnc2)s1. The summed E-state index contributed by atoms with van der Waals surface area (Å²) in [6, 6.07) is 5.39. The zero-order chi connectivity index (χ0) is 22.9. The molecule has 8 nitrogen and oxygen atoms in total. The van der Waals surface area contributed by atoms with Gasteiger partial charge in [-0.3, -0.25) is 9.59 Å². The lowest BCUT2D eigenvalue weighted by Crippen LogP contribution is -2.43. The van der Waals surface area contributed by atoms with Gasteiger partial charge in [0.2, 0.25) is 5.91 Å². The average Bonchev–Trinajstić information content (AvgIpc) is 3.44. The molecule has 32 heavy (non-hydrogen) atoms. The van der Waals surface area contributed by atoms with Gasteiger partial charge in [0.1, 0.15) is 16.7 Å². The summed E-state index contributed by atoms with van der Waals surface area (Å²) >= 11 is 1.18. The van der Waals surface area contributed by atoms with E-state index in [0.29, 0.717) is 23.0 Å². The van der Waals surface area contributed by atoms with Gasteiger partial charge < -0.3 is 20.5 Å². The number of carbonyl (C=O) groups excluding carboxylic acids is 2. The first-order chi connectivity index (χ1) is 15.4. The molecule has 0 saturated heterocycles. The number of nitrogens with zero attached hydrogens (tertiary/aromatic N) is 3. The molecular formula is C22H27FN6O2S. The number of nitrogens with one attached hydrogen (secondary N) is 3. The maximum absolute atomic E-state index is 13.2. The molecule has 2 amide bonds. The van der Waals surface area contributed by atoms with Gasteiger partial charge in [0.05, 0.1) is 12.5 Å². The minimum atomic E-state index is -0.611. The quantitative estimate of drug-likeness (QED) is 0.384. The van der Waals surface area contributed by atoms with E-state index in [9.17, 15) is 14.0 Å². The summed E-state index contributed by atoms with van der Waals surface area (Å²) in [5.74, 6) is -0.724. The molecule has 3 rings (SSSR count). The zero-order valence-electron chi connectivity index (χ0n) is 18.0. The summed E-state index contributed by atoms with van der Waals surface area (Å²) in [7, 11) is 0. The van der Waals surface area contributed by atoms with E-state index in [2.05, 4.69) is 25.9 Å². The molecule has 10 heteroatoms. The number of aryl methyl sites for hydroxylation is 1. The fourth-order valence-electron chi connectivity index (χ4n) is 3.02. The summed E-state index contributed by atoms with van der Waals surface area (Å²) in [4.78, 5) is 33.8. The summed E-state index contributed by atoms with van der Waals surface area (Å²) < 4.78 is 15.2. The minimum absolute atomic E-state index is 0.0278. The van der Waals surface area contributed by atoms with Crippen LogP contribution in [0.2, 0.25) is 0 Å². The van der Waals surface area contributed by atoms with Gasteiger partial charge in [0.25, 0.3) is 5.91 Å². The van der Waals surface area contributed by atoms with E-state index in [0.717, 1.165) is 18.5 Å². The van der Waals surface area contributed by atoms with Gasteiger partial charge in [0, 0.05) is 37.9 Å². The summed E-state index contributed by atoms with van der Waals surface area (Å²) in [5, 5.41) is 9.35. The first kappa shape index (κ1) is 23.4. The highest BCUT2D eigenvalue weighted by molar-refractivity contribution is 7.17. The third-order valence-electron chi connectivity index (χ3n) is 4.57. The molecule has 2 heterocycles. The molecule has 3 N–H and O–H groups in total. The Kier molecular flexibility index (Phi) is 8.32. The monoisotopic (exact) mass is 458 g/mol. The van der Waals surface area contributed by atoms with Crippen LogP contribution in [0.25, 0.3) is 0 Å². The van der Waals surface area contributed by atoms with Crippen LogP contribution in [0.15, 0.2) is 49.2 Å². The van der Waals surface area contributed by atoms with Crippen LogP contribution in [0, 0.1) is 5.82 Å². The number of imidazole rings is 1. The second-order valence-electron chi connectivity index (χ2n) is 7.63. The number of thiazole rings is 1. The molecule has 1 unspecified atom stereocenters. The van der Waals surface area contributed by atoms with Crippen LogP contribution in [0.3, 0.4) is 0 Å². The van der Waals surface area contributed by atoms with E-state index in [1.54, 1.807) is 24.7 Å². The summed E-state index contributed by atoms with van der Waals surface area (Å²) in [6.07, 6.45) is 7.96. The number of amides is 2. The Morgan fingerprint density at radius 1 is 1.22 bits per heavy atom. The van der Waals surface area contributed by atoms with Crippen molar-refractivity contribution in [1.29, 1.82) is 0 Å².